The topological polar surface area (TPSA) is 135 Å². The number of nitrogens with zero attached hydrogens (tertiary/aromatic N) is 6. The Morgan fingerprint density at radius 2 is 1.97 bits per heavy atom. The third-order valence-electron chi connectivity index (χ3n) is 4.90. The number of tetrazole rings is 1. The van der Waals surface area contributed by atoms with E-state index in [1.807, 2.05) is 37.3 Å². The number of oxime groups is 1. The van der Waals surface area contributed by atoms with Gasteiger partial charge in [0.2, 0.25) is 5.82 Å². The molecule has 4 rings (SSSR count). The summed E-state index contributed by atoms with van der Waals surface area (Å²) >= 11 is 0. The summed E-state index contributed by atoms with van der Waals surface area (Å²) in [4.78, 5) is 22.1. The lowest BCUT2D eigenvalue weighted by Crippen LogP contribution is -2.39. The van der Waals surface area contributed by atoms with Crippen LogP contribution in [0.4, 0.5) is 10.6 Å². The molecule has 12 nitrogen and oxygen atoms in total. The van der Waals surface area contributed by atoms with Gasteiger partial charge in [0.15, 0.2) is 12.3 Å². The van der Waals surface area contributed by atoms with Gasteiger partial charge in [-0.2, -0.15) is 0 Å². The van der Waals surface area contributed by atoms with Gasteiger partial charge in [-0.25, -0.2) is 14.5 Å². The standard InChI is InChI=1S/C22H25N7O5/c1-22(12-31-15-32-13-22)14-33-21(30)24-18-10-6-9-17(23-18)11-34-26-19(16-7-4-3-5-8-16)20-25-27-28-29(20)2/h3-10H,11-15H2,1-2H3,(H,23,24,30). The molecule has 12 heteroatoms. The predicted molar refractivity (Wildman–Crippen MR) is 120 cm³/mol. The molecule has 0 spiro atoms. The number of aromatic nitrogens is 5. The fraction of sp³-hybridized carbons (Fsp3) is 0.364. The second kappa shape index (κ2) is 10.8. The number of nitrogens with one attached hydrogen (secondary N) is 1. The molecule has 0 saturated carbocycles. The fourth-order valence-electron chi connectivity index (χ4n) is 3.18. The van der Waals surface area contributed by atoms with Crippen molar-refractivity contribution in [3.8, 4) is 0 Å². The highest BCUT2D eigenvalue weighted by Gasteiger charge is 2.30. The Kier molecular flexibility index (Phi) is 7.40. The molecule has 34 heavy (non-hydrogen) atoms. The summed E-state index contributed by atoms with van der Waals surface area (Å²) in [6.07, 6.45) is -0.614. The second-order valence-electron chi connectivity index (χ2n) is 8.05. The molecule has 0 atom stereocenters. The van der Waals surface area contributed by atoms with Crippen LogP contribution in [0.3, 0.4) is 0 Å². The zero-order valence-electron chi connectivity index (χ0n) is 18.9. The summed E-state index contributed by atoms with van der Waals surface area (Å²) in [5.41, 5.74) is 1.46. The third kappa shape index (κ3) is 6.11. The van der Waals surface area contributed by atoms with Crippen LogP contribution in [0.2, 0.25) is 0 Å². The van der Waals surface area contributed by atoms with Gasteiger partial charge in [-0.1, -0.05) is 48.5 Å². The zero-order chi connectivity index (χ0) is 23.8. The van der Waals surface area contributed by atoms with E-state index in [0.717, 1.165) is 5.56 Å². The lowest BCUT2D eigenvalue weighted by atomic mass is 9.94. The summed E-state index contributed by atoms with van der Waals surface area (Å²) in [6.45, 7) is 3.33. The number of benzene rings is 1. The van der Waals surface area contributed by atoms with E-state index < -0.39 is 6.09 Å². The Morgan fingerprint density at radius 1 is 1.18 bits per heavy atom. The van der Waals surface area contributed by atoms with Crippen LogP contribution in [0.1, 0.15) is 24.0 Å². The molecule has 3 heterocycles. The maximum Gasteiger partial charge on any atom is 0.412 e. The Hall–Kier alpha value is -3.90. The first-order chi connectivity index (χ1) is 16.5. The van der Waals surface area contributed by atoms with Crippen molar-refractivity contribution in [1.29, 1.82) is 0 Å². The quantitative estimate of drug-likeness (QED) is 0.390. The molecule has 3 aromatic rings. The number of ether oxygens (including phenoxy) is 3. The molecule has 0 aliphatic carbocycles. The minimum absolute atomic E-state index is 0.0684. The molecule has 0 radical (unpaired) electrons. The molecular formula is C22H25N7O5. The van der Waals surface area contributed by atoms with Crippen molar-refractivity contribution >= 4 is 17.6 Å². The van der Waals surface area contributed by atoms with Crippen molar-refractivity contribution in [2.75, 3.05) is 31.9 Å². The minimum atomic E-state index is -0.614. The van der Waals surface area contributed by atoms with Crippen molar-refractivity contribution in [3.63, 3.8) is 0 Å². The molecule has 1 N–H and O–H groups in total. The first-order valence-electron chi connectivity index (χ1n) is 10.6. The van der Waals surface area contributed by atoms with Gasteiger partial charge in [0.1, 0.15) is 19.2 Å². The summed E-state index contributed by atoms with van der Waals surface area (Å²) < 4.78 is 17.4. The average molecular weight is 467 g/mol. The van der Waals surface area contributed by atoms with E-state index in [1.165, 1.54) is 4.68 Å². The van der Waals surface area contributed by atoms with E-state index >= 15 is 0 Å². The number of carbonyl (C=O) groups excluding carboxylic acids is 1. The molecule has 1 aliphatic heterocycles. The largest absolute Gasteiger partial charge is 0.449 e. The number of carbonyl (C=O) groups is 1. The van der Waals surface area contributed by atoms with Crippen LogP contribution in [-0.2, 0) is 32.7 Å². The zero-order valence-corrected chi connectivity index (χ0v) is 18.9. The van der Waals surface area contributed by atoms with Gasteiger partial charge in [-0.3, -0.25) is 5.32 Å². The smallest absolute Gasteiger partial charge is 0.412 e. The molecule has 1 aliphatic rings. The molecule has 1 saturated heterocycles. The number of hydrogen-bond acceptors (Lipinski definition) is 10. The molecule has 1 fully saturated rings. The molecule has 2 aromatic heterocycles. The monoisotopic (exact) mass is 467 g/mol. The van der Waals surface area contributed by atoms with E-state index in [-0.39, 0.29) is 25.4 Å². The summed E-state index contributed by atoms with van der Waals surface area (Å²) in [5.74, 6) is 0.789. The number of rotatable bonds is 8. The van der Waals surface area contributed by atoms with Gasteiger partial charge in [0.25, 0.3) is 0 Å². The number of hydrogen-bond donors (Lipinski definition) is 1. The lowest BCUT2D eigenvalue weighted by molar-refractivity contribution is -0.169. The van der Waals surface area contributed by atoms with Crippen molar-refractivity contribution < 1.29 is 23.8 Å². The predicted octanol–water partition coefficient (Wildman–Crippen LogP) is 2.13. The van der Waals surface area contributed by atoms with Gasteiger partial charge in [-0.15, -0.1) is 5.10 Å². The third-order valence-corrected chi connectivity index (χ3v) is 4.90. The van der Waals surface area contributed by atoms with E-state index in [9.17, 15) is 4.79 Å². The Bertz CT molecular complexity index is 1130. The van der Waals surface area contributed by atoms with E-state index in [2.05, 4.69) is 31.0 Å². The van der Waals surface area contributed by atoms with E-state index in [1.54, 1.807) is 25.2 Å². The Balaban J connectivity index is 1.36. The summed E-state index contributed by atoms with van der Waals surface area (Å²) in [6, 6.07) is 14.6. The molecule has 1 amide bonds. The molecule has 0 bridgehead atoms. The normalized spacial score (nSPS) is 15.5. The molecule has 178 valence electrons. The highest BCUT2D eigenvalue weighted by molar-refractivity contribution is 6.10. The van der Waals surface area contributed by atoms with Crippen molar-refractivity contribution in [2.24, 2.45) is 17.6 Å². The summed E-state index contributed by atoms with van der Waals surface area (Å²) in [5, 5.41) is 18.4. The Morgan fingerprint density at radius 3 is 2.71 bits per heavy atom. The molecular weight excluding hydrogens is 442 g/mol. The maximum absolute atomic E-state index is 12.2. The van der Waals surface area contributed by atoms with Crippen LogP contribution >= 0.6 is 0 Å². The van der Waals surface area contributed by atoms with Crippen LogP contribution < -0.4 is 5.32 Å². The first-order valence-corrected chi connectivity index (χ1v) is 10.6. The fourth-order valence-corrected chi connectivity index (χ4v) is 3.18. The van der Waals surface area contributed by atoms with E-state index in [0.29, 0.717) is 36.3 Å². The number of anilines is 1. The first kappa shape index (κ1) is 23.3. The summed E-state index contributed by atoms with van der Waals surface area (Å²) in [7, 11) is 1.72. The van der Waals surface area contributed by atoms with Gasteiger partial charge >= 0.3 is 6.09 Å². The van der Waals surface area contributed by atoms with Crippen molar-refractivity contribution in [3.05, 3.63) is 65.6 Å². The highest BCUT2D eigenvalue weighted by atomic mass is 16.7. The van der Waals surface area contributed by atoms with E-state index in [4.69, 9.17) is 19.0 Å². The maximum atomic E-state index is 12.2. The van der Waals surface area contributed by atoms with Gasteiger partial charge in [0.05, 0.1) is 18.9 Å². The van der Waals surface area contributed by atoms with Crippen LogP contribution in [0, 0.1) is 5.41 Å². The van der Waals surface area contributed by atoms with Crippen LogP contribution in [0.25, 0.3) is 0 Å². The van der Waals surface area contributed by atoms with Crippen LogP contribution in [-0.4, -0.2) is 63.6 Å². The highest BCUT2D eigenvalue weighted by Crippen LogP contribution is 2.22. The van der Waals surface area contributed by atoms with Gasteiger partial charge < -0.3 is 19.0 Å². The van der Waals surface area contributed by atoms with Gasteiger partial charge in [0, 0.05) is 18.0 Å². The minimum Gasteiger partial charge on any atom is -0.449 e. The molecule has 1 aromatic carbocycles. The van der Waals surface area contributed by atoms with Gasteiger partial charge in [-0.05, 0) is 22.6 Å². The van der Waals surface area contributed by atoms with Crippen LogP contribution in [0.5, 0.6) is 0 Å². The lowest BCUT2D eigenvalue weighted by Gasteiger charge is -2.32. The SMILES string of the molecule is Cn1nnnc1C(=NOCc1cccc(NC(=O)OCC2(C)COCOC2)n1)c1ccccc1. The second-order valence-corrected chi connectivity index (χ2v) is 8.05. The Labute approximate surface area is 195 Å². The number of amides is 1. The average Bonchev–Trinajstić information content (AvgIpc) is 3.27. The van der Waals surface area contributed by atoms with Crippen molar-refractivity contribution in [1.82, 2.24) is 25.2 Å². The number of aryl methyl sites for hydroxylation is 1. The van der Waals surface area contributed by atoms with Crippen molar-refractivity contribution in [2.45, 2.75) is 13.5 Å². The van der Waals surface area contributed by atoms with Crippen LogP contribution in [0.15, 0.2) is 53.7 Å². The number of pyridine rings is 1. The molecule has 0 unspecified atom stereocenters.